The van der Waals surface area contributed by atoms with Gasteiger partial charge in [0.2, 0.25) is 0 Å². The Kier molecular flexibility index (Phi) is 5.23. The smallest absolute Gasteiger partial charge is 0.303 e. The fourth-order valence-electron chi connectivity index (χ4n) is 2.63. The molecule has 1 N–H and O–H groups in total. The Morgan fingerprint density at radius 1 is 1.41 bits per heavy atom. The summed E-state index contributed by atoms with van der Waals surface area (Å²) in [4.78, 5) is 25.6. The van der Waals surface area contributed by atoms with Crippen LogP contribution in [0.3, 0.4) is 0 Å². The second-order valence-electron chi connectivity index (χ2n) is 5.50. The summed E-state index contributed by atoms with van der Waals surface area (Å²) in [6.07, 6.45) is 4.24. The number of thiophene rings is 1. The first kappa shape index (κ1) is 17.0. The van der Waals surface area contributed by atoms with Crippen molar-refractivity contribution in [3.05, 3.63) is 16.3 Å². The van der Waals surface area contributed by atoms with Gasteiger partial charge in [-0.3, -0.25) is 9.59 Å². The van der Waals surface area contributed by atoms with Crippen molar-refractivity contribution in [2.75, 3.05) is 12.8 Å². The lowest BCUT2D eigenvalue weighted by molar-refractivity contribution is -0.137. The SMILES string of the molecule is CS(=O)(=O)c1csc(C(=O)N2CCCCC2CCC(=O)O)c1. The molecule has 0 aromatic carbocycles. The molecule has 1 fully saturated rings. The maximum atomic E-state index is 12.6. The molecule has 0 aliphatic carbocycles. The molecular formula is C14H19NO5S2. The van der Waals surface area contributed by atoms with Gasteiger partial charge in [-0.05, 0) is 31.7 Å². The van der Waals surface area contributed by atoms with Gasteiger partial charge in [0.15, 0.2) is 9.84 Å². The lowest BCUT2D eigenvalue weighted by Crippen LogP contribution is -2.43. The number of hydrogen-bond acceptors (Lipinski definition) is 5. The van der Waals surface area contributed by atoms with E-state index in [1.54, 1.807) is 4.90 Å². The monoisotopic (exact) mass is 345 g/mol. The Balaban J connectivity index is 2.14. The first-order chi connectivity index (χ1) is 10.3. The molecule has 1 unspecified atom stereocenters. The number of amides is 1. The minimum Gasteiger partial charge on any atom is -0.481 e. The van der Waals surface area contributed by atoms with E-state index >= 15 is 0 Å². The number of carbonyl (C=O) groups excluding carboxylic acids is 1. The molecular weight excluding hydrogens is 326 g/mol. The third-order valence-electron chi connectivity index (χ3n) is 3.79. The molecule has 1 aromatic heterocycles. The Labute approximate surface area is 133 Å². The van der Waals surface area contributed by atoms with Crippen LogP contribution in [0.5, 0.6) is 0 Å². The summed E-state index contributed by atoms with van der Waals surface area (Å²) < 4.78 is 23.0. The Hall–Kier alpha value is -1.41. The van der Waals surface area contributed by atoms with Crippen LogP contribution < -0.4 is 0 Å². The lowest BCUT2D eigenvalue weighted by Gasteiger charge is -2.35. The van der Waals surface area contributed by atoms with Gasteiger partial charge >= 0.3 is 5.97 Å². The average molecular weight is 345 g/mol. The number of sulfone groups is 1. The molecule has 1 aliphatic heterocycles. The molecule has 0 spiro atoms. The van der Waals surface area contributed by atoms with E-state index in [-0.39, 0.29) is 23.3 Å². The van der Waals surface area contributed by atoms with E-state index in [0.29, 0.717) is 17.8 Å². The number of carboxylic acids is 1. The Morgan fingerprint density at radius 3 is 2.73 bits per heavy atom. The van der Waals surface area contributed by atoms with Crippen LogP contribution in [-0.2, 0) is 14.6 Å². The summed E-state index contributed by atoms with van der Waals surface area (Å²) >= 11 is 1.12. The molecule has 1 saturated heterocycles. The quantitative estimate of drug-likeness (QED) is 0.881. The molecule has 0 bridgehead atoms. The lowest BCUT2D eigenvalue weighted by atomic mass is 9.97. The summed E-state index contributed by atoms with van der Waals surface area (Å²) in [5.41, 5.74) is 0. The van der Waals surface area contributed by atoms with Crippen molar-refractivity contribution < 1.29 is 23.1 Å². The molecule has 2 rings (SSSR count). The van der Waals surface area contributed by atoms with Crippen LogP contribution in [0.2, 0.25) is 0 Å². The Morgan fingerprint density at radius 2 is 2.14 bits per heavy atom. The molecule has 8 heteroatoms. The summed E-state index contributed by atoms with van der Waals surface area (Å²) in [6.45, 7) is 0.592. The number of carboxylic acid groups (broad SMARTS) is 1. The zero-order valence-corrected chi connectivity index (χ0v) is 14.0. The molecule has 0 saturated carbocycles. The summed E-state index contributed by atoms with van der Waals surface area (Å²) in [6, 6.07) is 1.33. The van der Waals surface area contributed by atoms with Gasteiger partial charge in [0.05, 0.1) is 9.77 Å². The number of likely N-dealkylation sites (tertiary alicyclic amines) is 1. The maximum absolute atomic E-state index is 12.6. The van der Waals surface area contributed by atoms with Gasteiger partial charge in [-0.25, -0.2) is 8.42 Å². The maximum Gasteiger partial charge on any atom is 0.303 e. The topological polar surface area (TPSA) is 91.8 Å². The van der Waals surface area contributed by atoms with E-state index in [4.69, 9.17) is 5.11 Å². The van der Waals surface area contributed by atoms with Crippen LogP contribution in [0.4, 0.5) is 0 Å². The minimum absolute atomic E-state index is 0.0352. The van der Waals surface area contributed by atoms with Crippen LogP contribution >= 0.6 is 11.3 Å². The van der Waals surface area contributed by atoms with Gasteiger partial charge in [-0.1, -0.05) is 0 Å². The minimum atomic E-state index is -3.32. The van der Waals surface area contributed by atoms with Crippen LogP contribution in [0.25, 0.3) is 0 Å². The number of carbonyl (C=O) groups is 2. The summed E-state index contributed by atoms with van der Waals surface area (Å²) in [7, 11) is -3.32. The summed E-state index contributed by atoms with van der Waals surface area (Å²) in [5, 5.41) is 10.3. The van der Waals surface area contributed by atoms with Crippen LogP contribution in [0, 0.1) is 0 Å². The van der Waals surface area contributed by atoms with E-state index < -0.39 is 15.8 Å². The van der Waals surface area contributed by atoms with Gasteiger partial charge in [0.25, 0.3) is 5.91 Å². The molecule has 22 heavy (non-hydrogen) atoms. The van der Waals surface area contributed by atoms with Crippen molar-refractivity contribution in [3.63, 3.8) is 0 Å². The van der Waals surface area contributed by atoms with Gasteiger partial charge in [0, 0.05) is 30.6 Å². The van der Waals surface area contributed by atoms with Crippen molar-refractivity contribution in [1.29, 1.82) is 0 Å². The van der Waals surface area contributed by atoms with E-state index in [2.05, 4.69) is 0 Å². The highest BCUT2D eigenvalue weighted by Gasteiger charge is 2.29. The first-order valence-electron chi connectivity index (χ1n) is 7.10. The van der Waals surface area contributed by atoms with E-state index in [9.17, 15) is 18.0 Å². The Bertz CT molecular complexity index is 665. The predicted molar refractivity (Wildman–Crippen MR) is 83.0 cm³/mol. The molecule has 1 aliphatic rings. The third kappa shape index (κ3) is 4.07. The number of hydrogen-bond donors (Lipinski definition) is 1. The molecule has 6 nitrogen and oxygen atoms in total. The van der Waals surface area contributed by atoms with Crippen molar-refractivity contribution in [1.82, 2.24) is 4.90 Å². The highest BCUT2D eigenvalue weighted by molar-refractivity contribution is 7.90. The van der Waals surface area contributed by atoms with E-state index in [1.165, 1.54) is 11.4 Å². The van der Waals surface area contributed by atoms with Gasteiger partial charge < -0.3 is 10.0 Å². The summed E-state index contributed by atoms with van der Waals surface area (Å²) in [5.74, 6) is -1.07. The van der Waals surface area contributed by atoms with Gasteiger partial charge in [-0.2, -0.15) is 0 Å². The normalized spacial score (nSPS) is 19.1. The average Bonchev–Trinajstić information content (AvgIpc) is 2.94. The van der Waals surface area contributed by atoms with Gasteiger partial charge in [-0.15, -0.1) is 11.3 Å². The fraction of sp³-hybridized carbons (Fsp3) is 0.571. The van der Waals surface area contributed by atoms with E-state index in [1.807, 2.05) is 0 Å². The molecule has 0 radical (unpaired) electrons. The van der Waals surface area contributed by atoms with Crippen molar-refractivity contribution in [2.24, 2.45) is 0 Å². The largest absolute Gasteiger partial charge is 0.481 e. The number of aliphatic carboxylic acids is 1. The zero-order valence-electron chi connectivity index (χ0n) is 12.3. The zero-order chi connectivity index (χ0) is 16.3. The molecule has 1 atom stereocenters. The second-order valence-corrected chi connectivity index (χ2v) is 8.43. The molecule has 1 amide bonds. The van der Waals surface area contributed by atoms with Crippen LogP contribution in [-0.4, -0.2) is 49.1 Å². The first-order valence-corrected chi connectivity index (χ1v) is 9.87. The standard InChI is InChI=1S/C14H19NO5S2/c1-22(19,20)11-8-12(21-9-11)14(18)15-7-3-2-4-10(15)5-6-13(16)17/h8-10H,2-7H2,1H3,(H,16,17). The molecule has 122 valence electrons. The van der Waals surface area contributed by atoms with Crippen LogP contribution in [0.1, 0.15) is 41.8 Å². The van der Waals surface area contributed by atoms with E-state index in [0.717, 1.165) is 36.9 Å². The number of piperidine rings is 1. The van der Waals surface area contributed by atoms with Crippen molar-refractivity contribution in [3.8, 4) is 0 Å². The fourth-order valence-corrected chi connectivity index (χ4v) is 4.60. The van der Waals surface area contributed by atoms with Gasteiger partial charge in [0.1, 0.15) is 0 Å². The third-order valence-corrected chi connectivity index (χ3v) is 5.95. The highest BCUT2D eigenvalue weighted by Crippen LogP contribution is 2.26. The second kappa shape index (κ2) is 6.78. The predicted octanol–water partition coefficient (Wildman–Crippen LogP) is 2.01. The highest BCUT2D eigenvalue weighted by atomic mass is 32.2. The number of nitrogens with zero attached hydrogens (tertiary/aromatic N) is 1. The van der Waals surface area contributed by atoms with Crippen molar-refractivity contribution in [2.45, 2.75) is 43.0 Å². The number of rotatable bonds is 5. The molecule has 2 heterocycles. The van der Waals surface area contributed by atoms with Crippen LogP contribution in [0.15, 0.2) is 16.3 Å². The molecule has 1 aromatic rings. The van der Waals surface area contributed by atoms with Crippen molar-refractivity contribution >= 4 is 33.1 Å².